The Kier molecular flexibility index (Phi) is 5.66. The average Bonchev–Trinajstić information content (AvgIpc) is 2.03. The first-order valence-corrected chi connectivity index (χ1v) is 4.57. The third kappa shape index (κ3) is 4.85. The summed E-state index contributed by atoms with van der Waals surface area (Å²) in [7, 11) is 3.47. The lowest BCUT2D eigenvalue weighted by Gasteiger charge is -2.21. The number of carbonyl (C=O) groups is 1. The maximum absolute atomic E-state index is 11.4. The Hall–Kier alpha value is -0.610. The Morgan fingerprint density at radius 1 is 1.46 bits per heavy atom. The highest BCUT2D eigenvalue weighted by Crippen LogP contribution is 1.94. The van der Waals surface area contributed by atoms with Crippen molar-refractivity contribution in [1.82, 2.24) is 10.2 Å². The molecule has 2 N–H and O–H groups in total. The van der Waals surface area contributed by atoms with Crippen LogP contribution in [0.1, 0.15) is 20.3 Å². The molecule has 4 nitrogen and oxygen atoms in total. The van der Waals surface area contributed by atoms with Gasteiger partial charge in [0.05, 0.1) is 6.04 Å². The molecule has 0 aliphatic carbocycles. The van der Waals surface area contributed by atoms with Gasteiger partial charge in [-0.3, -0.25) is 4.79 Å². The maximum atomic E-state index is 11.4. The lowest BCUT2D eigenvalue weighted by Crippen LogP contribution is -2.45. The van der Waals surface area contributed by atoms with E-state index in [1.165, 1.54) is 0 Å². The van der Waals surface area contributed by atoms with Crippen LogP contribution in [-0.4, -0.2) is 48.7 Å². The van der Waals surface area contributed by atoms with E-state index in [4.69, 9.17) is 5.11 Å². The van der Waals surface area contributed by atoms with Crippen molar-refractivity contribution < 1.29 is 9.90 Å². The largest absolute Gasteiger partial charge is 0.396 e. The van der Waals surface area contributed by atoms with Crippen LogP contribution in [0.5, 0.6) is 0 Å². The number of aliphatic hydroxyl groups excluding tert-OH is 1. The molecule has 0 aromatic heterocycles. The van der Waals surface area contributed by atoms with Gasteiger partial charge in [0.25, 0.3) is 0 Å². The van der Waals surface area contributed by atoms with Gasteiger partial charge < -0.3 is 15.3 Å². The molecule has 2 atom stereocenters. The fourth-order valence-corrected chi connectivity index (χ4v) is 1.16. The summed E-state index contributed by atoms with van der Waals surface area (Å²) in [5, 5.41) is 11.8. The van der Waals surface area contributed by atoms with Crippen molar-refractivity contribution in [3.8, 4) is 0 Å². The van der Waals surface area contributed by atoms with E-state index in [0.29, 0.717) is 6.42 Å². The zero-order valence-electron chi connectivity index (χ0n) is 8.87. The number of nitrogens with one attached hydrogen (secondary N) is 1. The highest BCUT2D eigenvalue weighted by molar-refractivity contribution is 5.80. The first-order valence-electron chi connectivity index (χ1n) is 4.57. The van der Waals surface area contributed by atoms with Crippen molar-refractivity contribution in [2.24, 2.45) is 0 Å². The molecule has 0 saturated heterocycles. The molecule has 2 unspecified atom stereocenters. The normalized spacial score (nSPS) is 15.2. The lowest BCUT2D eigenvalue weighted by atomic mass is 10.2. The minimum atomic E-state index is -0.184. The van der Waals surface area contributed by atoms with Crippen molar-refractivity contribution in [3.63, 3.8) is 0 Å². The average molecular weight is 188 g/mol. The molecule has 0 spiro atoms. The zero-order chi connectivity index (χ0) is 10.4. The predicted molar refractivity (Wildman–Crippen MR) is 52.5 cm³/mol. The predicted octanol–water partition coefficient (Wildman–Crippen LogP) is -0.176. The van der Waals surface area contributed by atoms with E-state index < -0.39 is 0 Å². The van der Waals surface area contributed by atoms with Crippen molar-refractivity contribution in [3.05, 3.63) is 0 Å². The van der Waals surface area contributed by atoms with Crippen LogP contribution in [0.15, 0.2) is 0 Å². The van der Waals surface area contributed by atoms with Gasteiger partial charge in [-0.15, -0.1) is 0 Å². The van der Waals surface area contributed by atoms with Crippen molar-refractivity contribution in [2.45, 2.75) is 32.4 Å². The summed E-state index contributed by atoms with van der Waals surface area (Å²) >= 11 is 0. The summed E-state index contributed by atoms with van der Waals surface area (Å²) in [6.45, 7) is 3.93. The summed E-state index contributed by atoms with van der Waals surface area (Å²) in [6, 6.07) is -0.0135. The number of nitrogens with zero attached hydrogens (tertiary/aromatic N) is 1. The molecule has 13 heavy (non-hydrogen) atoms. The van der Waals surface area contributed by atoms with Crippen molar-refractivity contribution in [1.29, 1.82) is 0 Å². The van der Waals surface area contributed by atoms with Crippen LogP contribution in [0.3, 0.4) is 0 Å². The van der Waals surface area contributed by atoms with E-state index >= 15 is 0 Å². The fourth-order valence-electron chi connectivity index (χ4n) is 1.16. The number of hydrogen-bond acceptors (Lipinski definition) is 3. The van der Waals surface area contributed by atoms with Crippen LogP contribution >= 0.6 is 0 Å². The lowest BCUT2D eigenvalue weighted by molar-refractivity contribution is -0.130. The smallest absolute Gasteiger partial charge is 0.238 e. The third-order valence-corrected chi connectivity index (χ3v) is 1.91. The Bertz CT molecular complexity index is 160. The van der Waals surface area contributed by atoms with Gasteiger partial charge in [-0.1, -0.05) is 0 Å². The van der Waals surface area contributed by atoms with Gasteiger partial charge in [-0.25, -0.2) is 0 Å². The van der Waals surface area contributed by atoms with Gasteiger partial charge in [0.15, 0.2) is 0 Å². The number of hydrogen-bond donors (Lipinski definition) is 2. The summed E-state index contributed by atoms with van der Waals surface area (Å²) in [4.78, 5) is 12.9. The monoisotopic (exact) mass is 188 g/mol. The van der Waals surface area contributed by atoms with Crippen LogP contribution in [-0.2, 0) is 4.79 Å². The van der Waals surface area contributed by atoms with E-state index in [1.54, 1.807) is 19.0 Å². The first kappa shape index (κ1) is 12.4. The summed E-state index contributed by atoms with van der Waals surface area (Å²) in [5.41, 5.74) is 0. The number of likely N-dealkylation sites (N-methyl/N-ethyl adjacent to an activating group) is 1. The molecular formula is C9H20N2O2. The minimum Gasteiger partial charge on any atom is -0.396 e. The topological polar surface area (TPSA) is 52.6 Å². The summed E-state index contributed by atoms with van der Waals surface area (Å²) in [6.07, 6.45) is 0.672. The molecule has 0 heterocycles. The highest BCUT2D eigenvalue weighted by atomic mass is 16.3. The SMILES string of the molecule is CC(CCO)NC(C)C(=O)N(C)C. The Morgan fingerprint density at radius 2 is 2.00 bits per heavy atom. The standard InChI is InChI=1S/C9H20N2O2/c1-7(5-6-12)10-8(2)9(13)11(3)4/h7-8,10,12H,5-6H2,1-4H3. The van der Waals surface area contributed by atoms with E-state index in [9.17, 15) is 4.79 Å². The second-order valence-corrected chi connectivity index (χ2v) is 3.53. The fraction of sp³-hybridized carbons (Fsp3) is 0.889. The zero-order valence-corrected chi connectivity index (χ0v) is 8.87. The van der Waals surface area contributed by atoms with E-state index in [-0.39, 0.29) is 24.6 Å². The molecule has 0 radical (unpaired) electrons. The Balaban J connectivity index is 3.85. The number of rotatable bonds is 5. The van der Waals surface area contributed by atoms with E-state index in [0.717, 1.165) is 0 Å². The molecule has 0 bridgehead atoms. The maximum Gasteiger partial charge on any atom is 0.238 e. The van der Waals surface area contributed by atoms with E-state index in [2.05, 4.69) is 5.32 Å². The molecule has 1 amide bonds. The molecular weight excluding hydrogens is 168 g/mol. The number of aliphatic hydroxyl groups is 1. The molecule has 0 saturated carbocycles. The second kappa shape index (κ2) is 5.94. The second-order valence-electron chi connectivity index (χ2n) is 3.53. The molecule has 0 aromatic carbocycles. The molecule has 0 aliphatic heterocycles. The van der Waals surface area contributed by atoms with Gasteiger partial charge >= 0.3 is 0 Å². The van der Waals surface area contributed by atoms with Crippen LogP contribution in [0.2, 0.25) is 0 Å². The van der Waals surface area contributed by atoms with Gasteiger partial charge in [0.2, 0.25) is 5.91 Å². The van der Waals surface area contributed by atoms with Gasteiger partial charge in [-0.2, -0.15) is 0 Å². The number of amides is 1. The van der Waals surface area contributed by atoms with Crippen LogP contribution in [0, 0.1) is 0 Å². The molecule has 0 aromatic rings. The molecule has 0 rings (SSSR count). The summed E-state index contributed by atoms with van der Waals surface area (Å²) in [5.74, 6) is 0.0600. The summed E-state index contributed by atoms with van der Waals surface area (Å²) < 4.78 is 0. The molecule has 0 aliphatic rings. The molecule has 78 valence electrons. The molecule has 0 fully saturated rings. The quantitative estimate of drug-likeness (QED) is 0.629. The molecule has 4 heteroatoms. The minimum absolute atomic E-state index is 0.0600. The highest BCUT2D eigenvalue weighted by Gasteiger charge is 2.15. The van der Waals surface area contributed by atoms with Crippen LogP contribution in [0.4, 0.5) is 0 Å². The Labute approximate surface area is 79.9 Å². The first-order chi connectivity index (χ1) is 5.99. The van der Waals surface area contributed by atoms with Gasteiger partial charge in [-0.05, 0) is 20.3 Å². The Morgan fingerprint density at radius 3 is 2.38 bits per heavy atom. The third-order valence-electron chi connectivity index (χ3n) is 1.91. The van der Waals surface area contributed by atoms with Crippen LogP contribution in [0.25, 0.3) is 0 Å². The number of carbonyl (C=O) groups excluding carboxylic acids is 1. The van der Waals surface area contributed by atoms with Crippen molar-refractivity contribution >= 4 is 5.91 Å². The van der Waals surface area contributed by atoms with Crippen molar-refractivity contribution in [2.75, 3.05) is 20.7 Å². The van der Waals surface area contributed by atoms with Gasteiger partial charge in [0, 0.05) is 26.7 Å². The van der Waals surface area contributed by atoms with Crippen LogP contribution < -0.4 is 5.32 Å². The van der Waals surface area contributed by atoms with Gasteiger partial charge in [0.1, 0.15) is 0 Å². The van der Waals surface area contributed by atoms with E-state index in [1.807, 2.05) is 13.8 Å².